The summed E-state index contributed by atoms with van der Waals surface area (Å²) in [4.78, 5) is 35.2. The van der Waals surface area contributed by atoms with Crippen LogP contribution >= 0.6 is 0 Å². The first-order valence-electron chi connectivity index (χ1n) is 19.4. The number of hydroxylamine groups is 2. The van der Waals surface area contributed by atoms with Crippen molar-refractivity contribution < 1.29 is 38.5 Å². The smallest absolute Gasteiger partial charge is 0.327 e. The van der Waals surface area contributed by atoms with Gasteiger partial charge in [0.05, 0.1) is 24.9 Å². The Kier molecular flexibility index (Phi) is 7.17. The fraction of sp³-hybridized carbons (Fsp3) is 0.750. The molecule has 4 saturated heterocycles. The predicted molar refractivity (Wildman–Crippen MR) is 181 cm³/mol. The Morgan fingerprint density at radius 3 is 2.50 bits per heavy atom. The topological polar surface area (TPSA) is 119 Å². The van der Waals surface area contributed by atoms with Crippen molar-refractivity contribution in [1.29, 1.82) is 0 Å². The third kappa shape index (κ3) is 4.74. The van der Waals surface area contributed by atoms with E-state index in [4.69, 9.17) is 23.8 Å². The number of hydrogen-bond donors (Lipinski definition) is 2. The van der Waals surface area contributed by atoms with E-state index >= 15 is 0 Å². The number of hydrogen-bond acceptors (Lipinski definition) is 9. The Hall–Kier alpha value is -2.34. The molecule has 0 radical (unpaired) electrons. The zero-order chi connectivity index (χ0) is 34.2. The molecule has 10 rings (SSSR count). The minimum Gasteiger partial charge on any atom is -0.458 e. The number of rotatable bonds is 8. The molecule has 50 heavy (non-hydrogen) atoms. The van der Waals surface area contributed by atoms with E-state index in [9.17, 15) is 14.7 Å². The van der Waals surface area contributed by atoms with E-state index in [-0.39, 0.29) is 24.7 Å². The van der Waals surface area contributed by atoms with Crippen LogP contribution < -0.4 is 5.32 Å². The van der Waals surface area contributed by atoms with Crippen molar-refractivity contribution in [2.45, 2.75) is 139 Å². The number of esters is 1. The van der Waals surface area contributed by atoms with Crippen molar-refractivity contribution in [3.05, 3.63) is 41.0 Å². The lowest BCUT2D eigenvalue weighted by Crippen LogP contribution is -2.69. The molecule has 2 N–H and O–H groups in total. The van der Waals surface area contributed by atoms with E-state index in [1.54, 1.807) is 5.06 Å². The van der Waals surface area contributed by atoms with Gasteiger partial charge >= 0.3 is 5.97 Å². The maximum absolute atomic E-state index is 14.3. The molecule has 10 nitrogen and oxygen atoms in total. The summed E-state index contributed by atoms with van der Waals surface area (Å²) in [6.45, 7) is 7.33. The number of ether oxygens (including phenoxy) is 4. The lowest BCUT2D eigenvalue weighted by Gasteiger charge is -2.53. The Bertz CT molecular complexity index is 1610. The lowest BCUT2D eigenvalue weighted by atomic mass is 9.52. The Labute approximate surface area is 294 Å². The zero-order valence-electron chi connectivity index (χ0n) is 29.6. The van der Waals surface area contributed by atoms with Crippen molar-refractivity contribution in [2.24, 2.45) is 34.5 Å². The Morgan fingerprint density at radius 1 is 1.00 bits per heavy atom. The van der Waals surface area contributed by atoms with Crippen LogP contribution in [0.15, 0.2) is 29.8 Å². The van der Waals surface area contributed by atoms with E-state index in [1.807, 2.05) is 6.07 Å². The van der Waals surface area contributed by atoms with E-state index < -0.39 is 47.6 Å². The molecule has 9 fully saturated rings. The number of fused-ring (bicyclic) bond motifs is 6. The van der Waals surface area contributed by atoms with Crippen LogP contribution in [0.25, 0.3) is 6.08 Å². The molecule has 0 spiro atoms. The average molecular weight is 689 g/mol. The summed E-state index contributed by atoms with van der Waals surface area (Å²) in [6.07, 6.45) is 10.5. The quantitative estimate of drug-likeness (QED) is 0.297. The van der Waals surface area contributed by atoms with Gasteiger partial charge in [-0.2, -0.15) is 5.06 Å². The van der Waals surface area contributed by atoms with Crippen LogP contribution in [0.4, 0.5) is 0 Å². The molecule has 1 aromatic carbocycles. The number of aliphatic hydroxyl groups excluding tert-OH is 1. The fourth-order valence-corrected chi connectivity index (χ4v) is 11.4. The van der Waals surface area contributed by atoms with Crippen LogP contribution in [0.2, 0.25) is 0 Å². The summed E-state index contributed by atoms with van der Waals surface area (Å²) in [5.74, 6) is 0.387. The molecular weight excluding hydrogens is 636 g/mol. The highest BCUT2D eigenvalue weighted by atomic mass is 16.8. The number of carbonyl (C=O) groups is 2. The van der Waals surface area contributed by atoms with Gasteiger partial charge < -0.3 is 29.4 Å². The van der Waals surface area contributed by atoms with Gasteiger partial charge in [0.25, 0.3) is 0 Å². The average Bonchev–Trinajstić information content (AvgIpc) is 4.03. The molecule has 0 aromatic heterocycles. The van der Waals surface area contributed by atoms with E-state index in [2.05, 4.69) is 50.4 Å². The standard InChI is InChI=1S/C40H52N2O8/c1-37(2)19-27-23(8-13-30-38(3,47-30)15-14-28(27)37)18-22-6-4-5-7-24(22)21-42-33-35(44)46-29-20-39(33,36(45)41-16-17-43)34(50-42)32-31(29)48-40(49-32,25-9-10-25)26-11-12-26/h4-7,18,25-34,43H,8-17,19-21H2,1-3H3,(H,41,45)/t27-,28-,29+,30?,31+,32+,33+,34-,38-,39+/m1/s1. The molecule has 1 unspecified atom stereocenters. The van der Waals surface area contributed by atoms with Crippen molar-refractivity contribution in [2.75, 3.05) is 13.2 Å². The molecule has 1 amide bonds. The van der Waals surface area contributed by atoms with Crippen LogP contribution in [0.5, 0.6) is 0 Å². The highest BCUT2D eigenvalue weighted by Crippen LogP contribution is 2.64. The Morgan fingerprint density at radius 2 is 1.76 bits per heavy atom. The van der Waals surface area contributed by atoms with Gasteiger partial charge in [-0.05, 0) is 93.1 Å². The van der Waals surface area contributed by atoms with Crippen LogP contribution in [-0.4, -0.2) is 83.1 Å². The van der Waals surface area contributed by atoms with E-state index in [1.165, 1.54) is 18.4 Å². The number of epoxide rings is 1. The van der Waals surface area contributed by atoms with Gasteiger partial charge in [0.2, 0.25) is 5.91 Å². The highest BCUT2D eigenvalue weighted by molar-refractivity contribution is 5.93. The summed E-state index contributed by atoms with van der Waals surface area (Å²) < 4.78 is 26.2. The summed E-state index contributed by atoms with van der Waals surface area (Å²) in [5, 5.41) is 14.3. The van der Waals surface area contributed by atoms with Crippen LogP contribution in [-0.2, 0) is 39.9 Å². The molecule has 4 aliphatic heterocycles. The summed E-state index contributed by atoms with van der Waals surface area (Å²) in [6, 6.07) is 7.43. The normalized spacial score (nSPS) is 44.5. The van der Waals surface area contributed by atoms with Crippen LogP contribution in [0.1, 0.15) is 96.1 Å². The van der Waals surface area contributed by atoms with E-state index in [0.29, 0.717) is 48.2 Å². The maximum Gasteiger partial charge on any atom is 0.327 e. The number of nitrogens with zero attached hydrogens (tertiary/aromatic N) is 1. The van der Waals surface area contributed by atoms with Crippen LogP contribution in [0.3, 0.4) is 0 Å². The number of amides is 1. The first-order valence-corrected chi connectivity index (χ1v) is 19.4. The van der Waals surface area contributed by atoms with Crippen molar-refractivity contribution in [1.82, 2.24) is 10.4 Å². The first kappa shape index (κ1) is 32.3. The van der Waals surface area contributed by atoms with Gasteiger partial charge in [-0.25, -0.2) is 0 Å². The van der Waals surface area contributed by atoms with Crippen molar-refractivity contribution >= 4 is 18.0 Å². The van der Waals surface area contributed by atoms with Gasteiger partial charge in [0.1, 0.15) is 29.8 Å². The molecule has 5 saturated carbocycles. The molecule has 9 aliphatic rings. The minimum atomic E-state index is -1.23. The molecule has 5 aliphatic carbocycles. The zero-order valence-corrected chi connectivity index (χ0v) is 29.6. The number of nitrogens with one attached hydrogen (secondary N) is 1. The van der Waals surface area contributed by atoms with Crippen LogP contribution in [0, 0.1) is 34.5 Å². The van der Waals surface area contributed by atoms with Crippen molar-refractivity contribution in [3.8, 4) is 0 Å². The highest BCUT2D eigenvalue weighted by Gasteiger charge is 2.78. The fourth-order valence-electron chi connectivity index (χ4n) is 11.4. The molecule has 270 valence electrons. The second-order valence-corrected chi connectivity index (χ2v) is 18.0. The third-order valence-corrected chi connectivity index (χ3v) is 14.4. The number of allylic oxidation sites excluding steroid dienone is 1. The monoisotopic (exact) mass is 688 g/mol. The second kappa shape index (κ2) is 11.1. The first-order chi connectivity index (χ1) is 24.1. The van der Waals surface area contributed by atoms with Gasteiger partial charge in [-0.1, -0.05) is 49.8 Å². The lowest BCUT2D eigenvalue weighted by molar-refractivity contribution is -0.235. The number of aliphatic hydroxyl groups is 1. The molecule has 1 aromatic rings. The van der Waals surface area contributed by atoms with Gasteiger partial charge in [0, 0.05) is 24.8 Å². The molecular formula is C40H52N2O8. The molecule has 2 bridgehead atoms. The molecule has 4 heterocycles. The largest absolute Gasteiger partial charge is 0.458 e. The molecule has 10 atom stereocenters. The molecule has 10 heteroatoms. The van der Waals surface area contributed by atoms with Crippen molar-refractivity contribution in [3.63, 3.8) is 0 Å². The predicted octanol–water partition coefficient (Wildman–Crippen LogP) is 4.67. The van der Waals surface area contributed by atoms with Gasteiger partial charge in [0.15, 0.2) is 11.8 Å². The van der Waals surface area contributed by atoms with Gasteiger partial charge in [-0.3, -0.25) is 14.4 Å². The number of carbonyl (C=O) groups excluding carboxylic acids is 2. The summed E-state index contributed by atoms with van der Waals surface area (Å²) >= 11 is 0. The number of benzene rings is 1. The van der Waals surface area contributed by atoms with E-state index in [0.717, 1.165) is 56.1 Å². The maximum atomic E-state index is 14.3. The third-order valence-electron chi connectivity index (χ3n) is 14.4. The summed E-state index contributed by atoms with van der Waals surface area (Å²) in [5.41, 5.74) is 2.77. The van der Waals surface area contributed by atoms with Gasteiger partial charge in [-0.15, -0.1) is 0 Å². The minimum absolute atomic E-state index is 0.0323. The Balaban J connectivity index is 0.988. The SMILES string of the molecule is CC1(C)C[C@@H]2C(=Cc3ccccc3CN3O[C@@H]4[C@H]5OC(C6CC6)(C6CC6)O[C@H]5[C@@H]5C[C@]4(C(=O)NCCO)[C@@H]3C(=O)O5)CCC3O[C@]3(C)CC[C@H]21. The second-order valence-electron chi connectivity index (χ2n) is 18.0. The summed E-state index contributed by atoms with van der Waals surface area (Å²) in [7, 11) is 0.